The van der Waals surface area contributed by atoms with E-state index in [1.54, 1.807) is 36.2 Å². The second-order valence-electron chi connectivity index (χ2n) is 6.40. The third-order valence-corrected chi connectivity index (χ3v) is 4.26. The molecule has 2 aromatic rings. The molecule has 6 heteroatoms. The lowest BCUT2D eigenvalue weighted by Gasteiger charge is -2.17. The number of amides is 2. The first-order chi connectivity index (χ1) is 12.1. The number of carbonyl (C=O) groups excluding carboxylic acids is 2. The summed E-state index contributed by atoms with van der Waals surface area (Å²) < 4.78 is 0. The number of hydrogen-bond acceptors (Lipinski definition) is 3. The van der Waals surface area contributed by atoms with Gasteiger partial charge in [0.05, 0.1) is 6.54 Å². The molecule has 1 saturated carbocycles. The fraction of sp³-hybridized carbons (Fsp3) is 0.300. The lowest BCUT2D eigenvalue weighted by Crippen LogP contribution is -2.29. The molecule has 0 aliphatic heterocycles. The van der Waals surface area contributed by atoms with Gasteiger partial charge in [0.15, 0.2) is 0 Å². The second-order valence-corrected chi connectivity index (χ2v) is 6.40. The molecular formula is C20H24ClN3O2. The van der Waals surface area contributed by atoms with Crippen LogP contribution in [0.15, 0.2) is 54.6 Å². The highest BCUT2D eigenvalue weighted by molar-refractivity contribution is 6.06. The molecular weight excluding hydrogens is 350 g/mol. The summed E-state index contributed by atoms with van der Waals surface area (Å²) in [6.45, 7) is 1.19. The molecule has 5 nitrogen and oxygen atoms in total. The van der Waals surface area contributed by atoms with E-state index in [-0.39, 0.29) is 24.2 Å². The Bertz CT molecular complexity index is 748. The molecule has 2 N–H and O–H groups in total. The molecule has 26 heavy (non-hydrogen) atoms. The summed E-state index contributed by atoms with van der Waals surface area (Å²) in [6, 6.07) is 16.5. The average Bonchev–Trinajstić information content (AvgIpc) is 3.46. The molecule has 2 aromatic carbocycles. The van der Waals surface area contributed by atoms with Gasteiger partial charge in [-0.15, -0.1) is 12.4 Å². The fourth-order valence-electron chi connectivity index (χ4n) is 2.61. The molecule has 1 aliphatic rings. The van der Waals surface area contributed by atoms with Gasteiger partial charge >= 0.3 is 0 Å². The van der Waals surface area contributed by atoms with Gasteiger partial charge in [-0.1, -0.05) is 24.3 Å². The van der Waals surface area contributed by atoms with Gasteiger partial charge in [-0.25, -0.2) is 0 Å². The molecule has 1 fully saturated rings. The smallest absolute Gasteiger partial charge is 0.258 e. The Morgan fingerprint density at radius 3 is 2.50 bits per heavy atom. The molecule has 1 aliphatic carbocycles. The van der Waals surface area contributed by atoms with Crippen LogP contribution in [0.4, 0.5) is 11.4 Å². The minimum atomic E-state index is -0.117. The maximum Gasteiger partial charge on any atom is 0.258 e. The van der Waals surface area contributed by atoms with Gasteiger partial charge in [0.2, 0.25) is 5.91 Å². The first-order valence-electron chi connectivity index (χ1n) is 8.57. The summed E-state index contributed by atoms with van der Waals surface area (Å²) in [4.78, 5) is 26.2. The van der Waals surface area contributed by atoms with Crippen LogP contribution in [0.1, 0.15) is 23.2 Å². The van der Waals surface area contributed by atoms with Gasteiger partial charge in [0.1, 0.15) is 0 Å². The van der Waals surface area contributed by atoms with Crippen LogP contribution in [0.2, 0.25) is 0 Å². The monoisotopic (exact) mass is 373 g/mol. The Balaban J connectivity index is 0.00000243. The molecule has 0 radical (unpaired) electrons. The van der Waals surface area contributed by atoms with E-state index in [1.807, 2.05) is 30.3 Å². The van der Waals surface area contributed by atoms with E-state index >= 15 is 0 Å². The summed E-state index contributed by atoms with van der Waals surface area (Å²) in [7, 11) is 1.74. The van der Waals surface area contributed by atoms with Crippen molar-refractivity contribution < 1.29 is 9.59 Å². The van der Waals surface area contributed by atoms with Crippen LogP contribution in [0, 0.1) is 5.92 Å². The Kier molecular flexibility index (Phi) is 7.18. The van der Waals surface area contributed by atoms with E-state index in [2.05, 4.69) is 10.6 Å². The van der Waals surface area contributed by atoms with Crippen molar-refractivity contribution in [1.29, 1.82) is 0 Å². The average molecular weight is 374 g/mol. The van der Waals surface area contributed by atoms with Crippen molar-refractivity contribution >= 4 is 35.6 Å². The van der Waals surface area contributed by atoms with E-state index in [0.717, 1.165) is 18.2 Å². The Morgan fingerprint density at radius 1 is 1.08 bits per heavy atom. The van der Waals surface area contributed by atoms with Gasteiger partial charge in [0, 0.05) is 24.0 Å². The van der Waals surface area contributed by atoms with Crippen molar-refractivity contribution in [2.75, 3.05) is 30.4 Å². The number of nitrogens with one attached hydrogen (secondary N) is 2. The minimum Gasteiger partial charge on any atom is -0.325 e. The van der Waals surface area contributed by atoms with E-state index < -0.39 is 0 Å². The standard InChI is InChI=1S/C20H23N3O2.ClH/c1-23(18-8-3-2-4-9-18)20(25)16-6-5-7-17(12-16)22-19(24)14-21-13-15-10-11-15;/h2-9,12,15,21H,10-11,13-14H2,1H3,(H,22,24);1H. The SMILES string of the molecule is CN(C(=O)c1cccc(NC(=O)CNCC2CC2)c1)c1ccccc1.Cl. The quantitative estimate of drug-likeness (QED) is 0.782. The lowest BCUT2D eigenvalue weighted by molar-refractivity contribution is -0.115. The van der Waals surface area contributed by atoms with Gasteiger partial charge < -0.3 is 15.5 Å². The minimum absolute atomic E-state index is 0. The topological polar surface area (TPSA) is 61.4 Å². The predicted molar refractivity (Wildman–Crippen MR) is 107 cm³/mol. The molecule has 0 bridgehead atoms. The van der Waals surface area contributed by atoms with Crippen LogP contribution >= 0.6 is 12.4 Å². The molecule has 0 saturated heterocycles. The molecule has 138 valence electrons. The number of nitrogens with zero attached hydrogens (tertiary/aromatic N) is 1. The summed E-state index contributed by atoms with van der Waals surface area (Å²) >= 11 is 0. The third kappa shape index (κ3) is 5.58. The Morgan fingerprint density at radius 2 is 1.81 bits per heavy atom. The number of rotatable bonds is 7. The largest absolute Gasteiger partial charge is 0.325 e. The molecule has 0 heterocycles. The highest BCUT2D eigenvalue weighted by atomic mass is 35.5. The summed E-state index contributed by atoms with van der Waals surface area (Å²) in [5.41, 5.74) is 1.99. The molecule has 0 unspecified atom stereocenters. The van der Waals surface area contributed by atoms with Crippen molar-refractivity contribution in [3.63, 3.8) is 0 Å². The van der Waals surface area contributed by atoms with Gasteiger partial charge in [-0.2, -0.15) is 0 Å². The van der Waals surface area contributed by atoms with E-state index in [1.165, 1.54) is 12.8 Å². The normalized spacial score (nSPS) is 12.8. The van der Waals surface area contributed by atoms with Crippen LogP contribution < -0.4 is 15.5 Å². The number of hydrogen-bond donors (Lipinski definition) is 2. The highest BCUT2D eigenvalue weighted by Crippen LogP contribution is 2.27. The Hall–Kier alpha value is -2.37. The zero-order valence-corrected chi connectivity index (χ0v) is 15.6. The zero-order chi connectivity index (χ0) is 17.6. The van der Waals surface area contributed by atoms with Gasteiger partial charge in [-0.05, 0) is 55.6 Å². The summed E-state index contributed by atoms with van der Waals surface area (Å²) in [5.74, 6) is 0.526. The van der Waals surface area contributed by atoms with Crippen LogP contribution in [-0.2, 0) is 4.79 Å². The zero-order valence-electron chi connectivity index (χ0n) is 14.8. The number of para-hydroxylation sites is 1. The van der Waals surface area contributed by atoms with Crippen LogP contribution in [-0.4, -0.2) is 32.0 Å². The van der Waals surface area contributed by atoms with E-state index in [4.69, 9.17) is 0 Å². The molecule has 0 aromatic heterocycles. The number of anilines is 2. The van der Waals surface area contributed by atoms with Gasteiger partial charge in [-0.3, -0.25) is 9.59 Å². The molecule has 3 rings (SSSR count). The van der Waals surface area contributed by atoms with Gasteiger partial charge in [0.25, 0.3) is 5.91 Å². The maximum atomic E-state index is 12.6. The van der Waals surface area contributed by atoms with Crippen molar-refractivity contribution in [3.05, 3.63) is 60.2 Å². The van der Waals surface area contributed by atoms with Crippen molar-refractivity contribution in [2.45, 2.75) is 12.8 Å². The number of carbonyl (C=O) groups is 2. The lowest BCUT2D eigenvalue weighted by atomic mass is 10.1. The molecule has 0 spiro atoms. The second kappa shape index (κ2) is 9.36. The first-order valence-corrected chi connectivity index (χ1v) is 8.57. The number of benzene rings is 2. The van der Waals surface area contributed by atoms with E-state index in [9.17, 15) is 9.59 Å². The molecule has 2 amide bonds. The van der Waals surface area contributed by atoms with Crippen molar-refractivity contribution in [3.8, 4) is 0 Å². The maximum absolute atomic E-state index is 12.6. The Labute approximate surface area is 160 Å². The first kappa shape index (κ1) is 19.9. The third-order valence-electron chi connectivity index (χ3n) is 4.26. The predicted octanol–water partition coefficient (Wildman–Crippen LogP) is 3.32. The van der Waals surface area contributed by atoms with Crippen LogP contribution in [0.3, 0.4) is 0 Å². The van der Waals surface area contributed by atoms with Crippen molar-refractivity contribution in [2.24, 2.45) is 5.92 Å². The van der Waals surface area contributed by atoms with Crippen molar-refractivity contribution in [1.82, 2.24) is 5.32 Å². The van der Waals surface area contributed by atoms with E-state index in [0.29, 0.717) is 17.8 Å². The number of halogens is 1. The van der Waals surface area contributed by atoms with Crippen LogP contribution in [0.5, 0.6) is 0 Å². The summed E-state index contributed by atoms with van der Waals surface area (Å²) in [5, 5.41) is 6.00. The summed E-state index contributed by atoms with van der Waals surface area (Å²) in [6.07, 6.45) is 2.52. The fourth-order valence-corrected chi connectivity index (χ4v) is 2.61. The van der Waals surface area contributed by atoms with Crippen LogP contribution in [0.25, 0.3) is 0 Å². The molecule has 0 atom stereocenters. The highest BCUT2D eigenvalue weighted by Gasteiger charge is 2.20.